The molecule has 9 aliphatic carbocycles. The maximum atomic E-state index is 2.85. The molecule has 4 heterocycles. The normalized spacial score (nSPS) is 28.5. The van der Waals surface area contributed by atoms with E-state index in [1.807, 2.05) is 11.3 Å². The lowest BCUT2D eigenvalue weighted by molar-refractivity contribution is -0.00526. The van der Waals surface area contributed by atoms with E-state index in [2.05, 4.69) is 175 Å². The fourth-order valence-corrected chi connectivity index (χ4v) is 21.5. The molecule has 0 amide bonds. The van der Waals surface area contributed by atoms with Crippen LogP contribution in [0.15, 0.2) is 152 Å². The second-order valence-corrected chi connectivity index (χ2v) is 27.9. The van der Waals surface area contributed by atoms with E-state index in [4.69, 9.17) is 0 Å². The monoisotopic (exact) mass is 984 g/mol. The third-order valence-corrected chi connectivity index (χ3v) is 23.5. The van der Waals surface area contributed by atoms with Gasteiger partial charge in [-0.05, 0) is 239 Å². The fraction of sp³-hybridized carbons (Fsp3) is 0.324. The van der Waals surface area contributed by atoms with Crippen molar-refractivity contribution < 1.29 is 0 Å². The summed E-state index contributed by atoms with van der Waals surface area (Å²) in [5.74, 6) is 5.34. The van der Waals surface area contributed by atoms with Crippen molar-refractivity contribution in [2.24, 2.45) is 35.5 Å². The number of benzene rings is 8. The zero-order valence-corrected chi connectivity index (χ0v) is 44.1. The summed E-state index contributed by atoms with van der Waals surface area (Å²) in [4.78, 5) is 2.85. The predicted octanol–water partition coefficient (Wildman–Crippen LogP) is 17.3. The summed E-state index contributed by atoms with van der Waals surface area (Å²) in [6.45, 7) is 5.04. The summed E-state index contributed by atoms with van der Waals surface area (Å²) in [5, 5.41) is 5.80. The Balaban J connectivity index is 0.969. The summed E-state index contributed by atoms with van der Waals surface area (Å²) in [6, 6.07) is 60.9. The molecule has 2 nitrogen and oxygen atoms in total. The van der Waals surface area contributed by atoms with Gasteiger partial charge in [0.2, 0.25) is 0 Å². The first-order chi connectivity index (χ1) is 36.8. The second kappa shape index (κ2) is 14.2. The van der Waals surface area contributed by atoms with Crippen molar-refractivity contribution in [1.82, 2.24) is 4.57 Å². The van der Waals surface area contributed by atoms with Crippen LogP contribution < -0.4 is 15.7 Å². The Kier molecular flexibility index (Phi) is 7.90. The van der Waals surface area contributed by atoms with Gasteiger partial charge in [-0.15, -0.1) is 11.3 Å². The minimum atomic E-state index is -0.215. The Morgan fingerprint density at radius 1 is 0.493 bits per heavy atom. The quantitative estimate of drug-likeness (QED) is 0.160. The molecule has 21 rings (SSSR count). The third-order valence-electron chi connectivity index (χ3n) is 22.4. The molecule has 8 bridgehead atoms. The molecule has 4 heteroatoms. The Labute approximate surface area is 444 Å². The highest BCUT2D eigenvalue weighted by atomic mass is 32.1. The first-order valence-corrected chi connectivity index (χ1v) is 29.9. The first kappa shape index (κ1) is 41.8. The molecule has 8 fully saturated rings. The van der Waals surface area contributed by atoms with Crippen molar-refractivity contribution >= 4 is 82.5 Å². The number of thiophene rings is 1. The molecular weight excluding hydrogens is 924 g/mol. The van der Waals surface area contributed by atoms with Crippen LogP contribution in [0.1, 0.15) is 113 Å². The van der Waals surface area contributed by atoms with E-state index in [1.54, 1.807) is 11.1 Å². The molecular formula is C71H61BN2S. The molecule has 0 N–H and O–H groups in total. The topological polar surface area (TPSA) is 8.17 Å². The second-order valence-electron chi connectivity index (χ2n) is 26.8. The van der Waals surface area contributed by atoms with Crippen molar-refractivity contribution in [2.45, 2.75) is 107 Å². The Morgan fingerprint density at radius 3 is 1.84 bits per heavy atom. The summed E-state index contributed by atoms with van der Waals surface area (Å²) in [6.07, 6.45) is 17.1. The van der Waals surface area contributed by atoms with Gasteiger partial charge in [0.05, 0.1) is 11.0 Å². The van der Waals surface area contributed by atoms with Crippen molar-refractivity contribution in [3.63, 3.8) is 0 Å². The third kappa shape index (κ3) is 5.34. The average molecular weight is 985 g/mol. The number of hydrogen-bond acceptors (Lipinski definition) is 2. The lowest BCUT2D eigenvalue weighted by Gasteiger charge is -2.57. The number of hydrogen-bond donors (Lipinski definition) is 0. The van der Waals surface area contributed by atoms with Crippen molar-refractivity contribution in [3.8, 4) is 39.1 Å². The van der Waals surface area contributed by atoms with Gasteiger partial charge in [0, 0.05) is 59.0 Å². The maximum Gasteiger partial charge on any atom is 0.333 e. The van der Waals surface area contributed by atoms with Crippen LogP contribution in [0.25, 0.3) is 81.0 Å². The first-order valence-electron chi connectivity index (χ1n) is 29.1. The van der Waals surface area contributed by atoms with Crippen LogP contribution in [0.4, 0.5) is 11.4 Å². The lowest BCUT2D eigenvalue weighted by Crippen LogP contribution is -2.61. The zero-order chi connectivity index (χ0) is 48.8. The van der Waals surface area contributed by atoms with Gasteiger partial charge < -0.3 is 9.38 Å². The molecule has 8 aromatic carbocycles. The summed E-state index contributed by atoms with van der Waals surface area (Å²) in [7, 11) is 0. The molecule has 8 saturated carbocycles. The number of fused-ring (bicyclic) bond motifs is 15. The highest BCUT2D eigenvalue weighted by Crippen LogP contribution is 2.64. The van der Waals surface area contributed by atoms with Crippen molar-refractivity contribution in [2.75, 3.05) is 4.81 Å². The van der Waals surface area contributed by atoms with E-state index >= 15 is 0 Å². The Bertz CT molecular complexity index is 4120. The largest absolute Gasteiger partial charge is 0.376 e. The van der Waals surface area contributed by atoms with Crippen LogP contribution in [-0.4, -0.2) is 11.4 Å². The molecule has 75 heavy (non-hydrogen) atoms. The minimum Gasteiger partial charge on any atom is -0.376 e. The van der Waals surface area contributed by atoms with Crippen molar-refractivity contribution in [3.05, 3.63) is 174 Å². The molecule has 0 atom stereocenters. The number of rotatable bonds is 4. The van der Waals surface area contributed by atoms with Crippen LogP contribution in [0.5, 0.6) is 0 Å². The molecule has 0 radical (unpaired) electrons. The van der Waals surface area contributed by atoms with Gasteiger partial charge in [-0.3, -0.25) is 0 Å². The highest BCUT2D eigenvalue weighted by molar-refractivity contribution is 7.26. The molecule has 0 saturated heterocycles. The van der Waals surface area contributed by atoms with Crippen LogP contribution in [0.2, 0.25) is 0 Å². The van der Waals surface area contributed by atoms with Crippen LogP contribution in [0, 0.1) is 35.5 Å². The van der Waals surface area contributed by atoms with Gasteiger partial charge in [0.15, 0.2) is 0 Å². The summed E-state index contributed by atoms with van der Waals surface area (Å²) >= 11 is 1.97. The standard InChI is InChI=1S/C71H61BN2S/c1-69(2)56-14-8-6-12-51(56)54-33-60-67-65(66(54)69)64-59(22-23-62-63(64)52-13-7-9-15-61(52)75-62)74(50-19-16-47(17-20-50)46-10-4-3-5-11-46)72(67)57-32-49(71-37-43-27-44(38-71)29-45(28-43)39-71)31-55-53-30-48(18-21-58(53)73(60)68(55)57)70-34-40-24-41(35-70)26-42(25-40)36-70/h3-23,30-33,40-45H,24-29,34-39H2,1-2H3. The van der Waals surface area contributed by atoms with E-state index in [9.17, 15) is 0 Å². The number of aromatic nitrogens is 1. The van der Waals surface area contributed by atoms with Gasteiger partial charge in [0.25, 0.3) is 0 Å². The molecule has 2 aromatic heterocycles. The molecule has 364 valence electrons. The Morgan fingerprint density at radius 2 is 1.12 bits per heavy atom. The lowest BCUT2D eigenvalue weighted by atomic mass is 9.42. The van der Waals surface area contributed by atoms with Gasteiger partial charge in [-0.2, -0.15) is 0 Å². The van der Waals surface area contributed by atoms with Gasteiger partial charge in [0.1, 0.15) is 0 Å². The highest BCUT2D eigenvalue weighted by Gasteiger charge is 2.55. The summed E-state index contributed by atoms with van der Waals surface area (Å²) < 4.78 is 5.58. The zero-order valence-electron chi connectivity index (χ0n) is 43.3. The predicted molar refractivity (Wildman–Crippen MR) is 315 cm³/mol. The SMILES string of the molecule is CC1(C)c2ccccc2-c2cc3c4c(c21)-c1c(ccc2sc5ccccc5c12)N(c1ccc(-c2ccccc2)cc1)B4c1cc(C24CC5CC(CC(C5)C2)C4)cc2c4cc(C56CC7CC(CC(C7)C5)C6)ccc4n-3c12. The molecule has 10 aromatic rings. The van der Waals surface area contributed by atoms with Gasteiger partial charge in [-0.25, -0.2) is 0 Å². The molecule has 0 spiro atoms. The van der Waals surface area contributed by atoms with E-state index in [0.717, 1.165) is 35.5 Å². The van der Waals surface area contributed by atoms with E-state index in [-0.39, 0.29) is 17.7 Å². The van der Waals surface area contributed by atoms with Crippen molar-refractivity contribution in [1.29, 1.82) is 0 Å². The average Bonchev–Trinajstić information content (AvgIpc) is 4.25. The number of anilines is 2. The van der Waals surface area contributed by atoms with E-state index in [1.165, 1.54) is 192 Å². The van der Waals surface area contributed by atoms with Gasteiger partial charge in [-0.1, -0.05) is 111 Å². The molecule has 11 aliphatic rings. The maximum absolute atomic E-state index is 2.85. The van der Waals surface area contributed by atoms with E-state index < -0.39 is 0 Å². The molecule has 2 aliphatic heterocycles. The smallest absolute Gasteiger partial charge is 0.333 e. The number of nitrogens with zero attached hydrogens (tertiary/aromatic N) is 2. The van der Waals surface area contributed by atoms with Crippen LogP contribution in [0.3, 0.4) is 0 Å². The summed E-state index contributed by atoms with van der Waals surface area (Å²) in [5.41, 5.74) is 24.7. The molecule has 0 unspecified atom stereocenters. The van der Waals surface area contributed by atoms with Gasteiger partial charge >= 0.3 is 6.85 Å². The van der Waals surface area contributed by atoms with Crippen LogP contribution >= 0.6 is 11.3 Å². The fourth-order valence-electron chi connectivity index (χ4n) is 20.4. The Hall–Kier alpha value is -6.36. The van der Waals surface area contributed by atoms with Crippen LogP contribution in [-0.2, 0) is 16.2 Å². The minimum absolute atomic E-state index is 0.0342. The van der Waals surface area contributed by atoms with E-state index in [0.29, 0.717) is 5.41 Å².